The maximum absolute atomic E-state index is 13.7. The third-order valence-electron chi connectivity index (χ3n) is 4.76. The van der Waals surface area contributed by atoms with Crippen LogP contribution in [0.15, 0.2) is 6.33 Å². The second-order valence-corrected chi connectivity index (χ2v) is 7.70. The predicted octanol–water partition coefficient (Wildman–Crippen LogP) is 1.69. The molecule has 0 amide bonds. The molecule has 1 aliphatic heterocycles. The number of hydrogen-bond donors (Lipinski definition) is 3. The molecule has 2 aromatic heterocycles. The van der Waals surface area contributed by atoms with E-state index >= 15 is 0 Å². The van der Waals surface area contributed by atoms with Crippen LogP contribution in [0.25, 0.3) is 11.2 Å². The number of alkyl halides is 2. The van der Waals surface area contributed by atoms with Crippen LogP contribution in [0.1, 0.15) is 26.5 Å². The van der Waals surface area contributed by atoms with Gasteiger partial charge in [-0.15, -0.1) is 0 Å². The van der Waals surface area contributed by atoms with Gasteiger partial charge in [-0.3, -0.25) is 14.4 Å². The maximum Gasteiger partial charge on any atom is 0.323 e. The zero-order valence-electron chi connectivity index (χ0n) is 17.3. The second-order valence-electron chi connectivity index (χ2n) is 6.92. The molecule has 2 aromatic rings. The number of aromatic nitrogens is 4. The fraction of sp³-hybridized carbons (Fsp3) is 0.647. The van der Waals surface area contributed by atoms with E-state index in [0.29, 0.717) is 17.0 Å². The summed E-state index contributed by atoms with van der Waals surface area (Å²) in [5.41, 5.74) is 6.46. The number of halogens is 2. The lowest BCUT2D eigenvalue weighted by molar-refractivity contribution is -0.144. The summed E-state index contributed by atoms with van der Waals surface area (Å²) < 4.78 is 45.2. The molecule has 1 fully saturated rings. The number of nitrogens with zero attached hydrogens (tertiary/aromatic N) is 4. The van der Waals surface area contributed by atoms with Crippen LogP contribution in [0.4, 0.5) is 20.5 Å². The molecule has 4 N–H and O–H groups in total. The van der Waals surface area contributed by atoms with E-state index in [0.717, 1.165) is 0 Å². The van der Waals surface area contributed by atoms with E-state index < -0.39 is 30.7 Å². The highest BCUT2D eigenvalue weighted by Crippen LogP contribution is 2.40. The Morgan fingerprint density at radius 1 is 1.48 bits per heavy atom. The van der Waals surface area contributed by atoms with Crippen molar-refractivity contribution in [1.82, 2.24) is 24.6 Å². The lowest BCUT2D eigenvalue weighted by atomic mass is 10.0. The Kier molecular flexibility index (Phi) is 7.87. The van der Waals surface area contributed by atoms with E-state index in [1.165, 1.54) is 10.9 Å². The first-order valence-electron chi connectivity index (χ1n) is 9.76. The van der Waals surface area contributed by atoms with Gasteiger partial charge in [0.1, 0.15) is 12.3 Å². The van der Waals surface area contributed by atoms with Crippen molar-refractivity contribution >= 4 is 37.9 Å². The molecule has 2 unspecified atom stereocenters. The van der Waals surface area contributed by atoms with Crippen LogP contribution in [0.5, 0.6) is 0 Å². The van der Waals surface area contributed by atoms with Gasteiger partial charge in [-0.2, -0.15) is 9.97 Å². The van der Waals surface area contributed by atoms with Crippen LogP contribution in [0, 0.1) is 5.92 Å². The summed E-state index contributed by atoms with van der Waals surface area (Å²) in [5, 5.41) is 5.74. The van der Waals surface area contributed by atoms with Gasteiger partial charge in [0.05, 0.1) is 40.5 Å². The number of carbonyl (C=O) groups is 1. The largest absolute Gasteiger partial charge is 0.465 e. The number of nitrogens with one attached hydrogen (secondary N) is 2. The Morgan fingerprint density at radius 2 is 2.26 bits per heavy atom. The average Bonchev–Trinajstić information content (AvgIpc) is 3.34. The van der Waals surface area contributed by atoms with E-state index in [2.05, 4.69) is 25.4 Å². The molecule has 0 aliphatic carbocycles. The summed E-state index contributed by atoms with van der Waals surface area (Å²) in [6.07, 6.45) is -2.66. The van der Waals surface area contributed by atoms with Crippen molar-refractivity contribution in [3.63, 3.8) is 0 Å². The van der Waals surface area contributed by atoms with Crippen molar-refractivity contribution < 1.29 is 27.6 Å². The summed E-state index contributed by atoms with van der Waals surface area (Å²) in [6, 6.07) is -0.534. The third-order valence-corrected chi connectivity index (χ3v) is 5.63. The van der Waals surface area contributed by atoms with E-state index in [1.807, 2.05) is 0 Å². The number of nitrogen functional groups attached to an aromatic ring is 1. The van der Waals surface area contributed by atoms with Crippen LogP contribution >= 0.6 is 8.96 Å². The lowest BCUT2D eigenvalue weighted by Gasteiger charge is -2.20. The number of ether oxygens (including phenoxy) is 2. The van der Waals surface area contributed by atoms with Gasteiger partial charge in [-0.1, -0.05) is 0 Å². The Hall–Kier alpha value is -2.21. The SMILES string of the molecule is CCOC(=O)C(C)NPOC[C@@H]1C[C@H](C(F)F)[C@H](n2cnc3c(NC)nc(N)nc32)O1. The molecule has 0 aromatic carbocycles. The Bertz CT molecular complexity index is 903. The van der Waals surface area contributed by atoms with Gasteiger partial charge in [-0.05, 0) is 20.3 Å². The molecule has 5 atom stereocenters. The number of carbonyl (C=O) groups excluding carboxylic acids is 1. The molecule has 3 heterocycles. The van der Waals surface area contributed by atoms with Crippen LogP contribution in [-0.4, -0.2) is 64.3 Å². The topological polar surface area (TPSA) is 138 Å². The molecule has 0 spiro atoms. The second kappa shape index (κ2) is 10.4. The van der Waals surface area contributed by atoms with Crippen molar-refractivity contribution in [3.8, 4) is 0 Å². The van der Waals surface area contributed by atoms with Crippen LogP contribution in [0.2, 0.25) is 0 Å². The van der Waals surface area contributed by atoms with Gasteiger partial charge in [-0.25, -0.2) is 13.8 Å². The van der Waals surface area contributed by atoms with E-state index in [4.69, 9.17) is 19.7 Å². The summed E-state index contributed by atoms with van der Waals surface area (Å²) in [7, 11) is 1.44. The van der Waals surface area contributed by atoms with Crippen LogP contribution < -0.4 is 16.1 Å². The molecular formula is C17H26F2N7O4P. The number of hydrogen-bond acceptors (Lipinski definition) is 10. The number of esters is 1. The number of rotatable bonds is 10. The molecular weight excluding hydrogens is 435 g/mol. The Morgan fingerprint density at radius 3 is 2.94 bits per heavy atom. The number of anilines is 2. The van der Waals surface area contributed by atoms with Crippen LogP contribution in [-0.2, 0) is 18.8 Å². The number of fused-ring (bicyclic) bond motifs is 1. The van der Waals surface area contributed by atoms with Crippen molar-refractivity contribution in [2.45, 2.75) is 45.1 Å². The molecule has 31 heavy (non-hydrogen) atoms. The fourth-order valence-electron chi connectivity index (χ4n) is 3.26. The van der Waals surface area contributed by atoms with Crippen molar-refractivity contribution in [2.24, 2.45) is 5.92 Å². The van der Waals surface area contributed by atoms with Gasteiger partial charge in [0, 0.05) is 7.05 Å². The lowest BCUT2D eigenvalue weighted by Crippen LogP contribution is -2.30. The summed E-state index contributed by atoms with van der Waals surface area (Å²) in [4.78, 5) is 24.0. The van der Waals surface area contributed by atoms with Gasteiger partial charge >= 0.3 is 5.97 Å². The Balaban J connectivity index is 1.65. The van der Waals surface area contributed by atoms with E-state index in [-0.39, 0.29) is 40.5 Å². The summed E-state index contributed by atoms with van der Waals surface area (Å²) in [6.45, 7) is 3.75. The smallest absolute Gasteiger partial charge is 0.323 e. The number of nitrogens with two attached hydrogens (primary N) is 1. The molecule has 1 saturated heterocycles. The quantitative estimate of drug-likeness (QED) is 0.272. The highest BCUT2D eigenvalue weighted by molar-refractivity contribution is 7.29. The van der Waals surface area contributed by atoms with Crippen molar-refractivity contribution in [1.29, 1.82) is 0 Å². The van der Waals surface area contributed by atoms with Crippen molar-refractivity contribution in [3.05, 3.63) is 6.33 Å². The fourth-order valence-corrected chi connectivity index (χ4v) is 3.91. The minimum atomic E-state index is -2.61. The van der Waals surface area contributed by atoms with Crippen LogP contribution in [0.3, 0.4) is 0 Å². The monoisotopic (exact) mass is 461 g/mol. The van der Waals surface area contributed by atoms with Crippen molar-refractivity contribution in [2.75, 3.05) is 31.3 Å². The van der Waals surface area contributed by atoms with Gasteiger partial charge in [0.2, 0.25) is 12.4 Å². The molecule has 172 valence electrons. The van der Waals surface area contributed by atoms with E-state index in [1.54, 1.807) is 20.9 Å². The first-order chi connectivity index (χ1) is 14.8. The summed E-state index contributed by atoms with van der Waals surface area (Å²) >= 11 is 0. The highest BCUT2D eigenvalue weighted by Gasteiger charge is 2.42. The minimum absolute atomic E-state index is 0.00642. The molecule has 0 radical (unpaired) electrons. The molecule has 3 rings (SSSR count). The molecule has 1 aliphatic rings. The molecule has 0 bridgehead atoms. The van der Waals surface area contributed by atoms with E-state index in [9.17, 15) is 13.6 Å². The first kappa shape index (κ1) is 23.5. The molecule has 14 heteroatoms. The van der Waals surface area contributed by atoms with Gasteiger partial charge < -0.3 is 25.0 Å². The predicted molar refractivity (Wildman–Crippen MR) is 111 cm³/mol. The molecule has 11 nitrogen and oxygen atoms in total. The Labute approximate surface area is 179 Å². The third kappa shape index (κ3) is 5.35. The average molecular weight is 461 g/mol. The number of imidazole rings is 1. The zero-order valence-corrected chi connectivity index (χ0v) is 18.3. The maximum atomic E-state index is 13.7. The first-order valence-corrected chi connectivity index (χ1v) is 10.7. The minimum Gasteiger partial charge on any atom is -0.465 e. The summed E-state index contributed by atoms with van der Waals surface area (Å²) in [5.74, 6) is -1.07. The normalized spacial score (nSPS) is 22.6. The zero-order chi connectivity index (χ0) is 22.5. The highest BCUT2D eigenvalue weighted by atomic mass is 31.1. The standard InChI is InChI=1S/C17H26F2N7O4P/c1-4-28-16(27)8(2)25-31-29-6-9-5-10(12(18)19)15(30-9)26-7-22-11-13(21-3)23-17(20)24-14(11)26/h7-10,12,15,25,31H,4-6H2,1-3H3,(H3,20,21,23,24)/t8?,9-,10+,15+/m0/s1. The van der Waals surface area contributed by atoms with Gasteiger partial charge in [0.25, 0.3) is 0 Å². The molecule has 0 saturated carbocycles. The van der Waals surface area contributed by atoms with Gasteiger partial charge in [0.15, 0.2) is 17.0 Å².